The molecule has 0 spiro atoms. The first-order valence-corrected chi connectivity index (χ1v) is 11.1. The van der Waals surface area contributed by atoms with Gasteiger partial charge in [0, 0.05) is 16.3 Å². The number of fused-ring (bicyclic) bond motifs is 1. The van der Waals surface area contributed by atoms with Crippen LogP contribution in [0, 0.1) is 0 Å². The molecule has 0 aliphatic carbocycles. The van der Waals surface area contributed by atoms with Gasteiger partial charge in [-0.1, -0.05) is 46.3 Å². The maximum Gasteiger partial charge on any atom is 1.00 e. The molecular weight excluding hydrogens is 465 g/mol. The second-order valence-corrected chi connectivity index (χ2v) is 9.32. The molecule has 0 atom stereocenters. The van der Waals surface area contributed by atoms with E-state index in [1.165, 1.54) is 6.07 Å². The maximum absolute atomic E-state index is 12.4. The minimum atomic E-state index is -3.51. The molecular formula is C21H19BrNNaO4S. The van der Waals surface area contributed by atoms with Gasteiger partial charge in [-0.3, -0.25) is 4.79 Å². The first-order valence-electron chi connectivity index (χ1n) is 8.62. The Bertz CT molecular complexity index is 1170. The van der Waals surface area contributed by atoms with E-state index in [4.69, 9.17) is 5.11 Å². The van der Waals surface area contributed by atoms with Crippen molar-refractivity contribution in [2.45, 2.75) is 17.7 Å². The number of hydrogen-bond acceptors (Lipinski definition) is 4. The quantitative estimate of drug-likeness (QED) is 0.519. The number of sulfone groups is 1. The Kier molecular flexibility index (Phi) is 8.60. The molecule has 0 saturated carbocycles. The Morgan fingerprint density at radius 2 is 1.86 bits per heavy atom. The Balaban J connectivity index is 0.00000225. The molecule has 146 valence electrons. The smallest absolute Gasteiger partial charge is 1.00 e. The number of carbonyl (C=O) groups is 1. The molecule has 0 unspecified atom stereocenters. The van der Waals surface area contributed by atoms with Crippen molar-refractivity contribution in [3.05, 3.63) is 70.3 Å². The van der Waals surface area contributed by atoms with Gasteiger partial charge >= 0.3 is 35.5 Å². The van der Waals surface area contributed by atoms with Crippen LogP contribution in [0.2, 0.25) is 0 Å². The van der Waals surface area contributed by atoms with Crippen molar-refractivity contribution < 1.29 is 49.3 Å². The first-order chi connectivity index (χ1) is 13.3. The zero-order chi connectivity index (χ0) is 20.1. The molecule has 1 aromatic heterocycles. The zero-order valence-electron chi connectivity index (χ0n) is 16.9. The number of aromatic nitrogens is 1. The summed E-state index contributed by atoms with van der Waals surface area (Å²) in [7, 11) is -3.51. The van der Waals surface area contributed by atoms with E-state index >= 15 is 0 Å². The predicted molar refractivity (Wildman–Crippen MR) is 115 cm³/mol. The molecule has 2 aromatic carbocycles. The summed E-state index contributed by atoms with van der Waals surface area (Å²) in [5.41, 5.74) is 2.36. The second kappa shape index (κ2) is 10.5. The van der Waals surface area contributed by atoms with E-state index in [9.17, 15) is 13.2 Å². The Hall–Kier alpha value is -1.51. The van der Waals surface area contributed by atoms with Crippen molar-refractivity contribution in [2.75, 3.05) is 5.75 Å². The van der Waals surface area contributed by atoms with Gasteiger partial charge in [0.25, 0.3) is 0 Å². The van der Waals surface area contributed by atoms with E-state index in [2.05, 4.69) is 20.9 Å². The fourth-order valence-corrected chi connectivity index (χ4v) is 4.43. The van der Waals surface area contributed by atoms with Crippen LogP contribution in [0.4, 0.5) is 0 Å². The van der Waals surface area contributed by atoms with Crippen LogP contribution in [0.25, 0.3) is 23.1 Å². The average Bonchev–Trinajstić information content (AvgIpc) is 2.66. The summed E-state index contributed by atoms with van der Waals surface area (Å²) >= 11 is 3.44. The first kappa shape index (κ1) is 23.8. The molecule has 0 bridgehead atoms. The molecule has 0 radical (unpaired) electrons. The van der Waals surface area contributed by atoms with E-state index in [-0.39, 0.29) is 54.5 Å². The maximum atomic E-state index is 12.4. The van der Waals surface area contributed by atoms with Crippen molar-refractivity contribution in [3.63, 3.8) is 0 Å². The summed E-state index contributed by atoms with van der Waals surface area (Å²) in [6.45, 7) is 0. The largest absolute Gasteiger partial charge is 1.00 e. The minimum absolute atomic E-state index is 0. The van der Waals surface area contributed by atoms with Gasteiger partial charge in [-0.25, -0.2) is 13.4 Å². The van der Waals surface area contributed by atoms with Gasteiger partial charge in [0.1, 0.15) is 0 Å². The fourth-order valence-electron chi connectivity index (χ4n) is 2.72. The molecule has 29 heavy (non-hydrogen) atoms. The number of nitrogens with zero attached hydrogens (tertiary/aromatic N) is 1. The summed E-state index contributed by atoms with van der Waals surface area (Å²) < 4.78 is 25.7. The molecule has 0 aliphatic rings. The van der Waals surface area contributed by atoms with Crippen LogP contribution in [0.1, 0.15) is 25.5 Å². The van der Waals surface area contributed by atoms with Gasteiger partial charge in [0.15, 0.2) is 9.84 Å². The van der Waals surface area contributed by atoms with Crippen LogP contribution in [0.3, 0.4) is 0 Å². The molecule has 1 heterocycles. The molecule has 8 heteroatoms. The zero-order valence-corrected chi connectivity index (χ0v) is 20.3. The normalized spacial score (nSPS) is 11.5. The fraction of sp³-hybridized carbons (Fsp3) is 0.143. The molecule has 5 nitrogen and oxygen atoms in total. The van der Waals surface area contributed by atoms with E-state index in [1.807, 2.05) is 48.6 Å². The SMILES string of the molecule is O=C(O)CCCS(=O)(=O)c1cccc(C=Cc2ccc3ccc(Br)cc3n2)c1.[H-].[Na+]. The van der Waals surface area contributed by atoms with Crippen LogP contribution < -0.4 is 29.6 Å². The summed E-state index contributed by atoms with van der Waals surface area (Å²) in [6, 6.07) is 16.4. The molecule has 3 aromatic rings. The van der Waals surface area contributed by atoms with Gasteiger partial charge < -0.3 is 6.53 Å². The third-order valence-corrected chi connectivity index (χ3v) is 6.43. The van der Waals surface area contributed by atoms with Crippen LogP contribution >= 0.6 is 15.9 Å². The number of rotatable bonds is 7. The standard InChI is InChI=1S/C21H18BrNO4S.Na.H/c22-17-9-7-16-8-11-18(23-20(16)14-17)10-6-15-3-1-4-19(13-15)28(26,27)12-2-5-21(24)25;;/h1,3-4,6-11,13-14H,2,5,12H2,(H,24,25);;/q;+1;-1. The number of carboxylic acids is 1. The Labute approximate surface area is 201 Å². The van der Waals surface area contributed by atoms with E-state index in [0.717, 1.165) is 26.6 Å². The van der Waals surface area contributed by atoms with Gasteiger partial charge in [0.2, 0.25) is 0 Å². The number of pyridine rings is 1. The second-order valence-electron chi connectivity index (χ2n) is 6.30. The van der Waals surface area contributed by atoms with E-state index < -0.39 is 15.8 Å². The van der Waals surface area contributed by atoms with Crippen molar-refractivity contribution in [1.82, 2.24) is 4.98 Å². The third-order valence-electron chi connectivity index (χ3n) is 4.14. The van der Waals surface area contributed by atoms with Crippen LogP contribution in [-0.2, 0) is 14.6 Å². The van der Waals surface area contributed by atoms with Crippen molar-refractivity contribution in [1.29, 1.82) is 0 Å². The molecule has 1 N–H and O–H groups in total. The number of hydrogen-bond donors (Lipinski definition) is 1. The molecule has 0 amide bonds. The van der Waals surface area contributed by atoms with Crippen molar-refractivity contribution in [3.8, 4) is 0 Å². The van der Waals surface area contributed by atoms with Gasteiger partial charge in [0.05, 0.1) is 21.9 Å². The molecule has 0 aliphatic heterocycles. The summed E-state index contributed by atoms with van der Waals surface area (Å²) in [4.78, 5) is 15.4. The summed E-state index contributed by atoms with van der Waals surface area (Å²) in [5, 5.41) is 9.71. The van der Waals surface area contributed by atoms with Crippen LogP contribution in [-0.4, -0.2) is 30.2 Å². The molecule has 0 fully saturated rings. The summed E-state index contributed by atoms with van der Waals surface area (Å²) in [5.74, 6) is -1.19. The minimum Gasteiger partial charge on any atom is -1.00 e. The van der Waals surface area contributed by atoms with Crippen LogP contribution in [0.15, 0.2) is 64.0 Å². The van der Waals surface area contributed by atoms with Crippen molar-refractivity contribution in [2.24, 2.45) is 0 Å². The van der Waals surface area contributed by atoms with E-state index in [0.29, 0.717) is 0 Å². The van der Waals surface area contributed by atoms with Gasteiger partial charge in [-0.15, -0.1) is 0 Å². The topological polar surface area (TPSA) is 84.3 Å². The predicted octanol–water partition coefficient (Wildman–Crippen LogP) is 1.92. The van der Waals surface area contributed by atoms with Crippen molar-refractivity contribution >= 4 is 54.8 Å². The third kappa shape index (κ3) is 6.76. The number of benzene rings is 2. The van der Waals surface area contributed by atoms with Crippen LogP contribution in [0.5, 0.6) is 0 Å². The number of halogens is 1. The Morgan fingerprint density at radius 1 is 1.10 bits per heavy atom. The summed E-state index contributed by atoms with van der Waals surface area (Å²) in [6.07, 6.45) is 3.57. The molecule has 0 saturated heterocycles. The average molecular weight is 484 g/mol. The monoisotopic (exact) mass is 483 g/mol. The number of carboxylic acid groups (broad SMARTS) is 1. The van der Waals surface area contributed by atoms with Gasteiger partial charge in [-0.2, -0.15) is 0 Å². The van der Waals surface area contributed by atoms with E-state index in [1.54, 1.807) is 12.1 Å². The Morgan fingerprint density at radius 3 is 2.62 bits per heavy atom. The molecule has 3 rings (SSSR count). The number of aliphatic carboxylic acids is 1. The van der Waals surface area contributed by atoms with Gasteiger partial charge in [-0.05, 0) is 48.4 Å².